The second-order valence-corrected chi connectivity index (χ2v) is 11.2. The molecule has 158 valence electrons. The summed E-state index contributed by atoms with van der Waals surface area (Å²) in [6.07, 6.45) is 2.07. The van der Waals surface area contributed by atoms with Crippen LogP contribution in [-0.2, 0) is 9.84 Å². The van der Waals surface area contributed by atoms with E-state index in [2.05, 4.69) is 29.4 Å². The summed E-state index contributed by atoms with van der Waals surface area (Å²) in [6, 6.07) is 12.6. The standard InChI is InChI=1S/C21H23N3O3S3/c1-3-30(26,27)17-7-4-15(5-8-17)20(25)23-10-12-24(13-11-23)21-22-18-9-6-16(28-2)14-19(18)29-21/h4-9,14H,3,10-13H2,1-2H3. The minimum atomic E-state index is -3.26. The lowest BCUT2D eigenvalue weighted by molar-refractivity contribution is 0.0746. The molecule has 0 bridgehead atoms. The van der Waals surface area contributed by atoms with E-state index in [1.54, 1.807) is 42.2 Å². The Morgan fingerprint density at radius 3 is 2.43 bits per heavy atom. The molecule has 0 radical (unpaired) electrons. The molecule has 0 unspecified atom stereocenters. The normalized spacial score (nSPS) is 15.0. The van der Waals surface area contributed by atoms with Gasteiger partial charge in [-0.1, -0.05) is 18.3 Å². The first-order valence-corrected chi connectivity index (χ1v) is 13.4. The van der Waals surface area contributed by atoms with Gasteiger partial charge in [-0.15, -0.1) is 11.8 Å². The lowest BCUT2D eigenvalue weighted by Gasteiger charge is -2.34. The average Bonchev–Trinajstić information content (AvgIpc) is 3.22. The van der Waals surface area contributed by atoms with Gasteiger partial charge in [0.05, 0.1) is 20.9 Å². The number of thiazole rings is 1. The third-order valence-corrected chi connectivity index (χ3v) is 8.82. The summed E-state index contributed by atoms with van der Waals surface area (Å²) >= 11 is 3.41. The van der Waals surface area contributed by atoms with Crippen LogP contribution in [0.4, 0.5) is 5.13 Å². The molecular weight excluding hydrogens is 438 g/mol. The van der Waals surface area contributed by atoms with Crippen molar-refractivity contribution in [2.24, 2.45) is 0 Å². The number of amides is 1. The van der Waals surface area contributed by atoms with Crippen molar-refractivity contribution in [3.8, 4) is 0 Å². The fourth-order valence-corrected chi connectivity index (χ4v) is 5.86. The fourth-order valence-electron chi connectivity index (χ4n) is 3.41. The largest absolute Gasteiger partial charge is 0.345 e. The lowest BCUT2D eigenvalue weighted by Crippen LogP contribution is -2.48. The molecular formula is C21H23N3O3S3. The first-order chi connectivity index (χ1) is 14.4. The van der Waals surface area contributed by atoms with Gasteiger partial charge < -0.3 is 9.80 Å². The van der Waals surface area contributed by atoms with Crippen LogP contribution in [0.5, 0.6) is 0 Å². The number of carbonyl (C=O) groups is 1. The molecule has 2 aromatic carbocycles. The molecule has 1 aliphatic heterocycles. The van der Waals surface area contributed by atoms with Gasteiger partial charge in [-0.2, -0.15) is 0 Å². The number of sulfone groups is 1. The van der Waals surface area contributed by atoms with Gasteiger partial charge >= 0.3 is 0 Å². The van der Waals surface area contributed by atoms with Gasteiger partial charge in [0.1, 0.15) is 0 Å². The van der Waals surface area contributed by atoms with Crippen LogP contribution in [0.1, 0.15) is 17.3 Å². The van der Waals surface area contributed by atoms with E-state index in [1.165, 1.54) is 21.7 Å². The molecule has 0 N–H and O–H groups in total. The van der Waals surface area contributed by atoms with Crippen molar-refractivity contribution in [1.82, 2.24) is 9.88 Å². The maximum atomic E-state index is 12.8. The third kappa shape index (κ3) is 4.19. The monoisotopic (exact) mass is 461 g/mol. The zero-order valence-electron chi connectivity index (χ0n) is 16.9. The predicted octanol–water partition coefficient (Wildman–Crippen LogP) is 3.77. The number of fused-ring (bicyclic) bond motifs is 1. The Kier molecular flexibility index (Phi) is 6.04. The van der Waals surface area contributed by atoms with E-state index in [9.17, 15) is 13.2 Å². The number of carbonyl (C=O) groups excluding carboxylic acids is 1. The quantitative estimate of drug-likeness (QED) is 0.539. The van der Waals surface area contributed by atoms with Crippen LogP contribution < -0.4 is 4.90 Å². The van der Waals surface area contributed by atoms with Gasteiger partial charge in [0.15, 0.2) is 15.0 Å². The highest BCUT2D eigenvalue weighted by molar-refractivity contribution is 7.98. The highest BCUT2D eigenvalue weighted by Gasteiger charge is 2.24. The highest BCUT2D eigenvalue weighted by Crippen LogP contribution is 2.32. The Balaban J connectivity index is 1.42. The maximum absolute atomic E-state index is 12.8. The van der Waals surface area contributed by atoms with Crippen molar-refractivity contribution >= 4 is 54.2 Å². The smallest absolute Gasteiger partial charge is 0.253 e. The van der Waals surface area contributed by atoms with Crippen molar-refractivity contribution in [3.63, 3.8) is 0 Å². The van der Waals surface area contributed by atoms with E-state index in [0.717, 1.165) is 23.7 Å². The summed E-state index contributed by atoms with van der Waals surface area (Å²) in [5, 5.41) is 0.990. The molecule has 9 heteroatoms. The number of benzene rings is 2. The number of anilines is 1. The number of rotatable bonds is 5. The Hall–Kier alpha value is -2.10. The van der Waals surface area contributed by atoms with E-state index >= 15 is 0 Å². The van der Waals surface area contributed by atoms with Crippen LogP contribution in [0.25, 0.3) is 10.2 Å². The molecule has 30 heavy (non-hydrogen) atoms. The second kappa shape index (κ2) is 8.56. The topological polar surface area (TPSA) is 70.6 Å². The van der Waals surface area contributed by atoms with Crippen molar-refractivity contribution in [2.75, 3.05) is 43.1 Å². The van der Waals surface area contributed by atoms with Crippen molar-refractivity contribution in [2.45, 2.75) is 16.7 Å². The molecule has 0 aliphatic carbocycles. The molecule has 1 fully saturated rings. The summed E-state index contributed by atoms with van der Waals surface area (Å²) in [5.74, 6) is -0.0175. The van der Waals surface area contributed by atoms with Crippen LogP contribution >= 0.6 is 23.1 Å². The van der Waals surface area contributed by atoms with Gasteiger partial charge in [-0.05, 0) is 48.7 Å². The molecule has 0 spiro atoms. The first kappa shape index (κ1) is 21.1. The number of hydrogen-bond donors (Lipinski definition) is 0. The van der Waals surface area contributed by atoms with Crippen LogP contribution in [0, 0.1) is 0 Å². The van der Waals surface area contributed by atoms with Gasteiger partial charge in [0.25, 0.3) is 5.91 Å². The Morgan fingerprint density at radius 2 is 1.80 bits per heavy atom. The van der Waals surface area contributed by atoms with Crippen molar-refractivity contribution in [1.29, 1.82) is 0 Å². The molecule has 6 nitrogen and oxygen atoms in total. The summed E-state index contributed by atoms with van der Waals surface area (Å²) in [4.78, 5) is 23.1. The Morgan fingerprint density at radius 1 is 1.10 bits per heavy atom. The summed E-state index contributed by atoms with van der Waals surface area (Å²) in [6.45, 7) is 4.28. The Labute approximate surface area is 184 Å². The summed E-state index contributed by atoms with van der Waals surface area (Å²) in [5.41, 5.74) is 1.52. The zero-order chi connectivity index (χ0) is 21.3. The molecule has 2 heterocycles. The predicted molar refractivity (Wildman–Crippen MR) is 124 cm³/mol. The maximum Gasteiger partial charge on any atom is 0.253 e. The second-order valence-electron chi connectivity index (χ2n) is 7.04. The molecule has 1 amide bonds. The molecule has 4 rings (SSSR count). The molecule has 1 saturated heterocycles. The minimum Gasteiger partial charge on any atom is -0.345 e. The Bertz CT molecular complexity index is 1170. The molecule has 1 aromatic heterocycles. The SMILES string of the molecule is CCS(=O)(=O)c1ccc(C(=O)N2CCN(c3nc4ccc(SC)cc4s3)CC2)cc1. The number of thioether (sulfide) groups is 1. The van der Waals surface area contributed by atoms with Gasteiger partial charge in [-0.25, -0.2) is 13.4 Å². The van der Waals surface area contributed by atoms with E-state index in [4.69, 9.17) is 4.98 Å². The molecule has 1 aliphatic rings. The van der Waals surface area contributed by atoms with Gasteiger partial charge in [-0.3, -0.25) is 4.79 Å². The van der Waals surface area contributed by atoms with E-state index in [1.807, 2.05) is 4.90 Å². The molecule has 3 aromatic rings. The van der Waals surface area contributed by atoms with Crippen LogP contribution in [0.15, 0.2) is 52.3 Å². The van der Waals surface area contributed by atoms with Crippen molar-refractivity contribution in [3.05, 3.63) is 48.0 Å². The van der Waals surface area contributed by atoms with Crippen LogP contribution in [0.3, 0.4) is 0 Å². The fraction of sp³-hybridized carbons (Fsp3) is 0.333. The average molecular weight is 462 g/mol. The van der Waals surface area contributed by atoms with Crippen LogP contribution in [0.2, 0.25) is 0 Å². The lowest BCUT2D eigenvalue weighted by atomic mass is 10.2. The number of nitrogens with zero attached hydrogens (tertiary/aromatic N) is 3. The number of hydrogen-bond acceptors (Lipinski definition) is 7. The summed E-state index contributed by atoms with van der Waals surface area (Å²) < 4.78 is 25.1. The van der Waals surface area contributed by atoms with Crippen molar-refractivity contribution < 1.29 is 13.2 Å². The van der Waals surface area contributed by atoms with E-state index in [0.29, 0.717) is 18.7 Å². The zero-order valence-corrected chi connectivity index (χ0v) is 19.3. The first-order valence-electron chi connectivity index (χ1n) is 9.73. The highest BCUT2D eigenvalue weighted by atomic mass is 32.2. The molecule has 0 atom stereocenters. The van der Waals surface area contributed by atoms with Crippen LogP contribution in [-0.4, -0.2) is 62.4 Å². The summed E-state index contributed by atoms with van der Waals surface area (Å²) in [7, 11) is -3.26. The molecule has 0 saturated carbocycles. The number of piperazine rings is 1. The van der Waals surface area contributed by atoms with E-state index in [-0.39, 0.29) is 16.6 Å². The van der Waals surface area contributed by atoms with Gasteiger partial charge in [0.2, 0.25) is 0 Å². The minimum absolute atomic E-state index is 0.0482. The van der Waals surface area contributed by atoms with E-state index < -0.39 is 9.84 Å². The third-order valence-electron chi connectivity index (χ3n) is 5.26. The number of aromatic nitrogens is 1. The van der Waals surface area contributed by atoms with Gasteiger partial charge in [0, 0.05) is 36.6 Å².